The lowest BCUT2D eigenvalue weighted by molar-refractivity contribution is -0.133. The van der Waals surface area contributed by atoms with Crippen LogP contribution in [-0.2, 0) is 16.1 Å². The maximum absolute atomic E-state index is 12.2. The molecule has 0 bridgehead atoms. The number of thioether (sulfide) groups is 1. The lowest BCUT2D eigenvalue weighted by Gasteiger charge is -2.24. The van der Waals surface area contributed by atoms with Crippen LogP contribution in [0.25, 0.3) is 0 Å². The number of nitrogens with zero attached hydrogens (tertiary/aromatic N) is 2. The lowest BCUT2D eigenvalue weighted by Crippen LogP contribution is -2.39. The van der Waals surface area contributed by atoms with Crippen molar-refractivity contribution in [3.8, 4) is 0 Å². The van der Waals surface area contributed by atoms with Crippen LogP contribution in [-0.4, -0.2) is 34.0 Å². The maximum atomic E-state index is 12.2. The van der Waals surface area contributed by atoms with E-state index < -0.39 is 0 Å². The molecule has 0 saturated carbocycles. The first-order chi connectivity index (χ1) is 12.0. The Morgan fingerprint density at radius 3 is 2.84 bits per heavy atom. The molecule has 1 N–H and O–H groups in total. The third kappa shape index (κ3) is 4.45. The molecule has 1 aromatic heterocycles. The highest BCUT2D eigenvalue weighted by atomic mass is 35.5. The van der Waals surface area contributed by atoms with E-state index in [0.29, 0.717) is 22.3 Å². The van der Waals surface area contributed by atoms with Crippen LogP contribution in [0.4, 0.5) is 0 Å². The first kappa shape index (κ1) is 18.0. The molecule has 130 valence electrons. The molecule has 1 unspecified atom stereocenters. The number of nitrogens with one attached hydrogen (secondary N) is 1. The monoisotopic (exact) mass is 395 g/mol. The number of amides is 2. The SMILES string of the molecule is O=C(CN1C(=O)CSC1c1ccc(Cl)c(Cl)c1)NCc1ccccn1. The fraction of sp³-hybridized carbons (Fsp3) is 0.235. The van der Waals surface area contributed by atoms with Crippen LogP contribution in [0.3, 0.4) is 0 Å². The Bertz CT molecular complexity index is 789. The third-order valence-electron chi connectivity index (χ3n) is 3.70. The molecule has 1 atom stereocenters. The molecule has 0 spiro atoms. The van der Waals surface area contributed by atoms with Crippen LogP contribution >= 0.6 is 35.0 Å². The van der Waals surface area contributed by atoms with Crippen molar-refractivity contribution in [2.45, 2.75) is 11.9 Å². The van der Waals surface area contributed by atoms with Crippen LogP contribution < -0.4 is 5.32 Å². The third-order valence-corrected chi connectivity index (χ3v) is 5.70. The van der Waals surface area contributed by atoms with Crippen LogP contribution in [0.2, 0.25) is 10.0 Å². The minimum Gasteiger partial charge on any atom is -0.349 e. The van der Waals surface area contributed by atoms with Crippen molar-refractivity contribution >= 4 is 46.8 Å². The highest BCUT2D eigenvalue weighted by Crippen LogP contribution is 2.40. The normalized spacial score (nSPS) is 17.0. The molecule has 25 heavy (non-hydrogen) atoms. The van der Waals surface area contributed by atoms with Gasteiger partial charge in [-0.25, -0.2) is 0 Å². The van der Waals surface area contributed by atoms with Crippen molar-refractivity contribution in [2.75, 3.05) is 12.3 Å². The zero-order valence-corrected chi connectivity index (χ0v) is 15.4. The smallest absolute Gasteiger partial charge is 0.240 e. The van der Waals surface area contributed by atoms with Gasteiger partial charge in [-0.05, 0) is 29.8 Å². The first-order valence-corrected chi connectivity index (χ1v) is 9.37. The highest BCUT2D eigenvalue weighted by Gasteiger charge is 2.34. The van der Waals surface area contributed by atoms with Gasteiger partial charge in [-0.15, -0.1) is 11.8 Å². The largest absolute Gasteiger partial charge is 0.349 e. The van der Waals surface area contributed by atoms with Crippen molar-refractivity contribution in [1.82, 2.24) is 15.2 Å². The van der Waals surface area contributed by atoms with Gasteiger partial charge in [0.05, 0.1) is 28.0 Å². The molecule has 3 rings (SSSR count). The van der Waals surface area contributed by atoms with Crippen LogP contribution in [0.1, 0.15) is 16.6 Å². The predicted octanol–water partition coefficient (Wildman–Crippen LogP) is 3.28. The van der Waals surface area contributed by atoms with Gasteiger partial charge in [0, 0.05) is 6.20 Å². The average Bonchev–Trinajstić information content (AvgIpc) is 2.97. The topological polar surface area (TPSA) is 62.3 Å². The van der Waals surface area contributed by atoms with E-state index in [2.05, 4.69) is 10.3 Å². The fourth-order valence-corrected chi connectivity index (χ4v) is 3.95. The molecule has 2 amide bonds. The summed E-state index contributed by atoms with van der Waals surface area (Å²) in [4.78, 5) is 30.1. The number of rotatable bonds is 5. The second kappa shape index (κ2) is 8.08. The summed E-state index contributed by atoms with van der Waals surface area (Å²) in [5, 5.41) is 3.43. The molecule has 1 aliphatic heterocycles. The summed E-state index contributed by atoms with van der Waals surface area (Å²) in [5.74, 6) is 0.0268. The van der Waals surface area contributed by atoms with E-state index in [1.807, 2.05) is 24.3 Å². The van der Waals surface area contributed by atoms with Crippen molar-refractivity contribution in [3.05, 3.63) is 63.9 Å². The molecule has 1 aliphatic rings. The number of hydrogen-bond acceptors (Lipinski definition) is 4. The minimum atomic E-state index is -0.247. The van der Waals surface area contributed by atoms with E-state index in [1.54, 1.807) is 23.2 Å². The summed E-state index contributed by atoms with van der Waals surface area (Å²) in [5.41, 5.74) is 1.61. The van der Waals surface area contributed by atoms with Gasteiger partial charge in [-0.3, -0.25) is 14.6 Å². The molecule has 5 nitrogen and oxygen atoms in total. The molecule has 1 fully saturated rings. The van der Waals surface area contributed by atoms with Crippen LogP contribution in [0.5, 0.6) is 0 Å². The molecular weight excluding hydrogens is 381 g/mol. The van der Waals surface area contributed by atoms with Gasteiger partial charge in [0.15, 0.2) is 0 Å². The molecular formula is C17H15Cl2N3O2S. The maximum Gasteiger partial charge on any atom is 0.240 e. The first-order valence-electron chi connectivity index (χ1n) is 7.57. The van der Waals surface area contributed by atoms with E-state index >= 15 is 0 Å². The Hall–Kier alpha value is -1.76. The van der Waals surface area contributed by atoms with Crippen molar-refractivity contribution < 1.29 is 9.59 Å². The standard InChI is InChI=1S/C17H15Cl2N3O2S/c18-13-5-4-11(7-14(13)19)17-22(16(24)10-25-17)9-15(23)21-8-12-3-1-2-6-20-12/h1-7,17H,8-10H2,(H,21,23). The summed E-state index contributed by atoms with van der Waals surface area (Å²) < 4.78 is 0. The molecule has 0 aliphatic carbocycles. The average molecular weight is 396 g/mol. The number of carbonyl (C=O) groups is 2. The van der Waals surface area contributed by atoms with Gasteiger partial charge in [0.1, 0.15) is 11.9 Å². The van der Waals surface area contributed by atoms with Crippen molar-refractivity contribution in [3.63, 3.8) is 0 Å². The molecule has 1 aromatic carbocycles. The summed E-state index contributed by atoms with van der Waals surface area (Å²) in [6, 6.07) is 10.8. The molecule has 2 aromatic rings. The second-order valence-electron chi connectivity index (χ2n) is 5.46. The van der Waals surface area contributed by atoms with E-state index in [0.717, 1.165) is 11.3 Å². The Balaban J connectivity index is 1.65. The summed E-state index contributed by atoms with van der Waals surface area (Å²) in [6.07, 6.45) is 1.67. The Kier molecular flexibility index (Phi) is 5.83. The van der Waals surface area contributed by atoms with Crippen LogP contribution in [0, 0.1) is 0 Å². The van der Waals surface area contributed by atoms with Crippen molar-refractivity contribution in [2.24, 2.45) is 0 Å². The number of benzene rings is 1. The van der Waals surface area contributed by atoms with Crippen LogP contribution in [0.15, 0.2) is 42.6 Å². The zero-order chi connectivity index (χ0) is 17.8. The van der Waals surface area contributed by atoms with E-state index in [9.17, 15) is 9.59 Å². The quantitative estimate of drug-likeness (QED) is 0.843. The molecule has 8 heteroatoms. The van der Waals surface area contributed by atoms with Gasteiger partial charge >= 0.3 is 0 Å². The zero-order valence-electron chi connectivity index (χ0n) is 13.1. The minimum absolute atomic E-state index is 0.0103. The van der Waals surface area contributed by atoms with Gasteiger partial charge in [-0.1, -0.05) is 35.3 Å². The Labute approximate surface area is 159 Å². The molecule has 2 heterocycles. The summed E-state index contributed by atoms with van der Waals surface area (Å²) in [6.45, 7) is 0.315. The van der Waals surface area contributed by atoms with Gasteiger partial charge in [-0.2, -0.15) is 0 Å². The van der Waals surface area contributed by atoms with E-state index in [4.69, 9.17) is 23.2 Å². The van der Waals surface area contributed by atoms with E-state index in [-0.39, 0.29) is 23.7 Å². The van der Waals surface area contributed by atoms with Crippen molar-refractivity contribution in [1.29, 1.82) is 0 Å². The van der Waals surface area contributed by atoms with E-state index in [1.165, 1.54) is 11.8 Å². The number of aromatic nitrogens is 1. The molecule has 0 radical (unpaired) electrons. The fourth-order valence-electron chi connectivity index (χ4n) is 2.47. The van der Waals surface area contributed by atoms with Gasteiger partial charge in [0.25, 0.3) is 0 Å². The number of carbonyl (C=O) groups excluding carboxylic acids is 2. The Morgan fingerprint density at radius 1 is 1.28 bits per heavy atom. The number of hydrogen-bond donors (Lipinski definition) is 1. The number of pyridine rings is 1. The lowest BCUT2D eigenvalue weighted by atomic mass is 10.2. The van der Waals surface area contributed by atoms with Gasteiger partial charge in [0.2, 0.25) is 11.8 Å². The number of halogens is 2. The summed E-state index contributed by atoms with van der Waals surface area (Å²) >= 11 is 13.5. The molecule has 1 saturated heterocycles. The summed E-state index contributed by atoms with van der Waals surface area (Å²) in [7, 11) is 0. The highest BCUT2D eigenvalue weighted by molar-refractivity contribution is 8.00. The second-order valence-corrected chi connectivity index (χ2v) is 7.34. The Morgan fingerprint density at radius 2 is 2.12 bits per heavy atom. The predicted molar refractivity (Wildman–Crippen MR) is 99.5 cm³/mol. The van der Waals surface area contributed by atoms with Gasteiger partial charge < -0.3 is 10.2 Å².